The van der Waals surface area contributed by atoms with Crippen LogP contribution in [0.4, 0.5) is 5.69 Å². The van der Waals surface area contributed by atoms with Crippen molar-refractivity contribution in [2.24, 2.45) is 4.99 Å². The van der Waals surface area contributed by atoms with Gasteiger partial charge in [0.1, 0.15) is 0 Å². The summed E-state index contributed by atoms with van der Waals surface area (Å²) in [6, 6.07) is 33.8. The second-order valence-corrected chi connectivity index (χ2v) is 9.51. The summed E-state index contributed by atoms with van der Waals surface area (Å²) in [5.74, 6) is 0.668. The third kappa shape index (κ3) is 3.85. The van der Waals surface area contributed by atoms with Gasteiger partial charge in [0.15, 0.2) is 5.82 Å². The van der Waals surface area contributed by atoms with Gasteiger partial charge in [-0.25, -0.2) is 15.0 Å². The van der Waals surface area contributed by atoms with Gasteiger partial charge in [0.05, 0.1) is 22.6 Å². The number of rotatable bonds is 4. The lowest BCUT2D eigenvalue weighted by atomic mass is 9.96. The van der Waals surface area contributed by atoms with E-state index in [1.54, 1.807) is 12.4 Å². The lowest BCUT2D eigenvalue weighted by Crippen LogP contribution is -1.94. The van der Waals surface area contributed by atoms with Crippen LogP contribution in [0, 0.1) is 0 Å². The smallest absolute Gasteiger partial charge is 0.159 e. The van der Waals surface area contributed by atoms with Crippen LogP contribution in [0.5, 0.6) is 0 Å². The molecule has 4 heteroatoms. The van der Waals surface area contributed by atoms with Crippen molar-refractivity contribution in [3.8, 4) is 22.8 Å². The Balaban J connectivity index is 1.33. The molecular formula is C35H24N4. The first kappa shape index (κ1) is 22.9. The predicted octanol–water partition coefficient (Wildman–Crippen LogP) is 9.18. The first-order valence-corrected chi connectivity index (χ1v) is 13.0. The van der Waals surface area contributed by atoms with E-state index in [9.17, 15) is 0 Å². The number of benzene rings is 5. The van der Waals surface area contributed by atoms with E-state index in [4.69, 9.17) is 9.97 Å². The molecule has 0 spiro atoms. The highest BCUT2D eigenvalue weighted by molar-refractivity contribution is 6.17. The van der Waals surface area contributed by atoms with Crippen molar-refractivity contribution in [1.29, 1.82) is 0 Å². The molecule has 7 aromatic rings. The van der Waals surface area contributed by atoms with Gasteiger partial charge in [-0.05, 0) is 57.4 Å². The van der Waals surface area contributed by atoms with E-state index < -0.39 is 0 Å². The van der Waals surface area contributed by atoms with Crippen molar-refractivity contribution >= 4 is 61.2 Å². The Bertz CT molecular complexity index is 2110. The summed E-state index contributed by atoms with van der Waals surface area (Å²) in [6.07, 6.45) is 5.39. The maximum Gasteiger partial charge on any atom is 0.159 e. The van der Waals surface area contributed by atoms with Crippen molar-refractivity contribution in [2.45, 2.75) is 6.92 Å². The molecule has 184 valence electrons. The molecule has 5 aromatic carbocycles. The third-order valence-electron chi connectivity index (χ3n) is 7.26. The average molecular weight is 501 g/mol. The van der Waals surface area contributed by atoms with Crippen LogP contribution in [-0.4, -0.2) is 21.2 Å². The number of nitrogens with zero attached hydrogens (tertiary/aromatic N) is 4. The van der Waals surface area contributed by atoms with Gasteiger partial charge < -0.3 is 0 Å². The van der Waals surface area contributed by atoms with Gasteiger partial charge in [-0.15, -0.1) is 0 Å². The second-order valence-electron chi connectivity index (χ2n) is 9.51. The highest BCUT2D eigenvalue weighted by Gasteiger charge is 2.12. The van der Waals surface area contributed by atoms with Crippen LogP contribution in [0.2, 0.25) is 0 Å². The quantitative estimate of drug-likeness (QED) is 0.179. The molecule has 0 N–H and O–H groups in total. The summed E-state index contributed by atoms with van der Waals surface area (Å²) in [7, 11) is 0. The second kappa shape index (κ2) is 9.26. The molecule has 0 aliphatic heterocycles. The third-order valence-corrected chi connectivity index (χ3v) is 7.26. The van der Waals surface area contributed by atoms with Crippen LogP contribution in [0.1, 0.15) is 12.5 Å². The molecule has 0 saturated carbocycles. The Morgan fingerprint density at radius 1 is 0.667 bits per heavy atom. The molecule has 4 nitrogen and oxygen atoms in total. The first-order valence-electron chi connectivity index (χ1n) is 13.0. The van der Waals surface area contributed by atoms with Crippen LogP contribution in [0.25, 0.3) is 72.1 Å². The summed E-state index contributed by atoms with van der Waals surface area (Å²) in [4.78, 5) is 19.1. The van der Waals surface area contributed by atoms with Crippen LogP contribution in [0.3, 0.4) is 0 Å². The van der Waals surface area contributed by atoms with Crippen LogP contribution in [-0.2, 0) is 0 Å². The highest BCUT2D eigenvalue weighted by Crippen LogP contribution is 2.34. The van der Waals surface area contributed by atoms with E-state index in [0.717, 1.165) is 44.5 Å². The molecule has 0 atom stereocenters. The van der Waals surface area contributed by atoms with E-state index in [2.05, 4.69) is 89.4 Å². The monoisotopic (exact) mass is 500 g/mol. The maximum atomic E-state index is 4.96. The number of hydrogen-bond donors (Lipinski definition) is 0. The zero-order valence-corrected chi connectivity index (χ0v) is 21.5. The fraction of sp³-hybridized carbons (Fsp3) is 0.0286. The van der Waals surface area contributed by atoms with Gasteiger partial charge >= 0.3 is 0 Å². The summed E-state index contributed by atoms with van der Waals surface area (Å²) in [6.45, 7) is 5.84. The van der Waals surface area contributed by atoms with E-state index in [0.29, 0.717) is 5.82 Å². The Morgan fingerprint density at radius 2 is 1.38 bits per heavy atom. The molecule has 0 aliphatic carbocycles. The Hall–Kier alpha value is -5.22. The number of fused-ring (bicyclic) bond motifs is 6. The standard InChI is InChI=1S/C35H24N4/c1-3-22-9-10-24-14-18-31(38-34(24)33(22)36-4-2)32-19-20-37-35(39-32)26-13-15-28-25(21-26)12-17-29-27-8-6-5-7-23(27)11-16-30(28)29/h3-21H,1H2,2H3/b36-4-. The first-order chi connectivity index (χ1) is 19.2. The molecule has 2 aromatic heterocycles. The fourth-order valence-electron chi connectivity index (χ4n) is 5.37. The van der Waals surface area contributed by atoms with Gasteiger partial charge in [-0.1, -0.05) is 91.5 Å². The zero-order valence-electron chi connectivity index (χ0n) is 21.5. The van der Waals surface area contributed by atoms with Gasteiger partial charge in [0.2, 0.25) is 0 Å². The Morgan fingerprint density at radius 3 is 2.23 bits per heavy atom. The average Bonchev–Trinajstić information content (AvgIpc) is 3.00. The van der Waals surface area contributed by atoms with Crippen molar-refractivity contribution in [2.75, 3.05) is 0 Å². The molecule has 0 unspecified atom stereocenters. The van der Waals surface area contributed by atoms with Gasteiger partial charge in [0, 0.05) is 28.9 Å². The highest BCUT2D eigenvalue weighted by atomic mass is 14.9. The number of aromatic nitrogens is 3. The summed E-state index contributed by atoms with van der Waals surface area (Å²) >= 11 is 0. The normalized spacial score (nSPS) is 11.7. The summed E-state index contributed by atoms with van der Waals surface area (Å²) in [5, 5.41) is 8.44. The number of aliphatic imine (C=N–C) groups is 1. The van der Waals surface area contributed by atoms with Gasteiger partial charge in [-0.3, -0.25) is 4.99 Å². The predicted molar refractivity (Wildman–Crippen MR) is 165 cm³/mol. The molecule has 0 bridgehead atoms. The van der Waals surface area contributed by atoms with Gasteiger partial charge in [0.25, 0.3) is 0 Å². The van der Waals surface area contributed by atoms with E-state index in [-0.39, 0.29) is 0 Å². The topological polar surface area (TPSA) is 51.0 Å². The lowest BCUT2D eigenvalue weighted by Gasteiger charge is -2.10. The molecule has 2 heterocycles. The van der Waals surface area contributed by atoms with Gasteiger partial charge in [-0.2, -0.15) is 0 Å². The summed E-state index contributed by atoms with van der Waals surface area (Å²) in [5.41, 5.74) is 5.10. The Labute approximate surface area is 226 Å². The van der Waals surface area contributed by atoms with Crippen LogP contribution < -0.4 is 0 Å². The SMILES string of the molecule is C=Cc1ccc2ccc(-c3ccnc(-c4ccc5c(ccc6c7ccccc7ccc56)c4)n3)nc2c1/N=C\C. The van der Waals surface area contributed by atoms with E-state index in [1.165, 1.54) is 26.9 Å². The van der Waals surface area contributed by atoms with Crippen molar-refractivity contribution in [1.82, 2.24) is 15.0 Å². The molecule has 7 rings (SSSR count). The minimum atomic E-state index is 0.668. The van der Waals surface area contributed by atoms with Crippen molar-refractivity contribution in [3.05, 3.63) is 115 Å². The lowest BCUT2D eigenvalue weighted by molar-refractivity contribution is 1.17. The Kier molecular flexibility index (Phi) is 5.45. The van der Waals surface area contributed by atoms with Crippen LogP contribution >= 0.6 is 0 Å². The fourth-order valence-corrected chi connectivity index (χ4v) is 5.37. The van der Waals surface area contributed by atoms with E-state index >= 15 is 0 Å². The molecule has 0 radical (unpaired) electrons. The molecule has 0 fully saturated rings. The summed E-state index contributed by atoms with van der Waals surface area (Å²) < 4.78 is 0. The molecular weight excluding hydrogens is 476 g/mol. The number of hydrogen-bond acceptors (Lipinski definition) is 4. The van der Waals surface area contributed by atoms with Crippen LogP contribution in [0.15, 0.2) is 115 Å². The minimum Gasteiger partial charge on any atom is -0.259 e. The maximum absolute atomic E-state index is 4.96. The minimum absolute atomic E-state index is 0.668. The molecule has 0 saturated heterocycles. The largest absolute Gasteiger partial charge is 0.259 e. The van der Waals surface area contributed by atoms with Crippen molar-refractivity contribution < 1.29 is 0 Å². The molecule has 0 amide bonds. The number of pyridine rings is 1. The van der Waals surface area contributed by atoms with E-state index in [1.807, 2.05) is 37.3 Å². The molecule has 0 aliphatic rings. The molecule has 39 heavy (non-hydrogen) atoms. The zero-order chi connectivity index (χ0) is 26.3. The van der Waals surface area contributed by atoms with Crippen molar-refractivity contribution in [3.63, 3.8) is 0 Å².